The van der Waals surface area contributed by atoms with E-state index >= 15 is 0 Å². The number of carbonyl (C=O) groups excluding carboxylic acids is 1. The second kappa shape index (κ2) is 5.63. The normalized spacial score (nSPS) is 23.7. The Balaban J connectivity index is 2.04. The van der Waals surface area contributed by atoms with Crippen molar-refractivity contribution in [1.82, 2.24) is 0 Å². The molecule has 0 heterocycles. The molecule has 0 bridgehead atoms. The minimum Gasteiger partial charge on any atom is -0.465 e. The van der Waals surface area contributed by atoms with Crippen LogP contribution in [0.25, 0.3) is 0 Å². The standard InChI is InChI=1S/C18H23NO2/c1-2-21-17(20)15-16(19)14-9-5-4-8-13(14)12-18(15)10-6-3-7-11-18/h4-5,8-9,15,19H,2-3,6-7,10-12H2,1H3. The Labute approximate surface area is 126 Å². The average Bonchev–Trinajstić information content (AvgIpc) is 2.48. The Morgan fingerprint density at radius 2 is 2.00 bits per heavy atom. The minimum absolute atomic E-state index is 0.0874. The van der Waals surface area contributed by atoms with E-state index in [4.69, 9.17) is 10.1 Å². The van der Waals surface area contributed by atoms with Gasteiger partial charge < -0.3 is 10.1 Å². The number of esters is 1. The zero-order valence-corrected chi connectivity index (χ0v) is 12.7. The molecule has 21 heavy (non-hydrogen) atoms. The van der Waals surface area contributed by atoms with Crippen LogP contribution in [-0.2, 0) is 16.0 Å². The van der Waals surface area contributed by atoms with Gasteiger partial charge in [-0.05, 0) is 42.7 Å². The quantitative estimate of drug-likeness (QED) is 0.841. The van der Waals surface area contributed by atoms with Crippen LogP contribution in [0.4, 0.5) is 0 Å². The Bertz CT molecular complexity index is 558. The van der Waals surface area contributed by atoms with Crippen LogP contribution >= 0.6 is 0 Å². The summed E-state index contributed by atoms with van der Waals surface area (Å²) in [4.78, 5) is 12.5. The van der Waals surface area contributed by atoms with Crippen molar-refractivity contribution in [3.63, 3.8) is 0 Å². The van der Waals surface area contributed by atoms with Crippen molar-refractivity contribution in [2.45, 2.75) is 45.4 Å². The molecule has 1 atom stereocenters. The molecule has 3 heteroatoms. The summed E-state index contributed by atoms with van der Waals surface area (Å²) in [7, 11) is 0. The fourth-order valence-electron chi connectivity index (χ4n) is 4.20. The smallest absolute Gasteiger partial charge is 0.315 e. The lowest BCUT2D eigenvalue weighted by molar-refractivity contribution is -0.150. The lowest BCUT2D eigenvalue weighted by atomic mass is 9.57. The highest BCUT2D eigenvalue weighted by Crippen LogP contribution is 2.50. The van der Waals surface area contributed by atoms with Gasteiger partial charge in [0.25, 0.3) is 0 Å². The van der Waals surface area contributed by atoms with E-state index in [1.54, 1.807) is 0 Å². The summed E-state index contributed by atoms with van der Waals surface area (Å²) >= 11 is 0. The zero-order chi connectivity index (χ0) is 14.9. The van der Waals surface area contributed by atoms with Crippen LogP contribution in [0.2, 0.25) is 0 Å². The van der Waals surface area contributed by atoms with E-state index in [0.29, 0.717) is 12.3 Å². The van der Waals surface area contributed by atoms with Gasteiger partial charge in [-0.3, -0.25) is 4.79 Å². The number of rotatable bonds is 2. The van der Waals surface area contributed by atoms with Crippen LogP contribution in [0.3, 0.4) is 0 Å². The highest BCUT2D eigenvalue weighted by Gasteiger charge is 2.50. The number of hydrogen-bond acceptors (Lipinski definition) is 3. The SMILES string of the molecule is CCOC(=O)C1C(=N)c2ccccc2CC12CCCCC2. The third-order valence-corrected chi connectivity index (χ3v) is 5.12. The summed E-state index contributed by atoms with van der Waals surface area (Å²) in [6.07, 6.45) is 6.54. The molecule has 0 aromatic heterocycles. The lowest BCUT2D eigenvalue weighted by Gasteiger charge is -2.46. The molecule has 1 spiro atoms. The van der Waals surface area contributed by atoms with Gasteiger partial charge in [0, 0.05) is 0 Å². The monoisotopic (exact) mass is 285 g/mol. The van der Waals surface area contributed by atoms with Crippen molar-refractivity contribution < 1.29 is 9.53 Å². The first kappa shape index (κ1) is 14.3. The van der Waals surface area contributed by atoms with Crippen molar-refractivity contribution in [2.24, 2.45) is 11.3 Å². The summed E-state index contributed by atoms with van der Waals surface area (Å²) in [5.74, 6) is -0.577. The average molecular weight is 285 g/mol. The minimum atomic E-state index is -0.382. The molecule has 2 aliphatic carbocycles. The van der Waals surface area contributed by atoms with Gasteiger partial charge in [0.15, 0.2) is 0 Å². The van der Waals surface area contributed by atoms with Gasteiger partial charge in [-0.25, -0.2) is 0 Å². The summed E-state index contributed by atoms with van der Waals surface area (Å²) in [5, 5.41) is 8.60. The molecule has 1 N–H and O–H groups in total. The summed E-state index contributed by atoms with van der Waals surface area (Å²) in [5.41, 5.74) is 2.55. The van der Waals surface area contributed by atoms with Crippen molar-refractivity contribution in [2.75, 3.05) is 6.61 Å². The fraction of sp³-hybridized carbons (Fsp3) is 0.556. The highest BCUT2D eigenvalue weighted by atomic mass is 16.5. The first-order chi connectivity index (χ1) is 10.2. The van der Waals surface area contributed by atoms with Gasteiger partial charge in [0.2, 0.25) is 0 Å². The molecule has 0 aliphatic heterocycles. The molecule has 0 amide bonds. The largest absolute Gasteiger partial charge is 0.465 e. The maximum atomic E-state index is 12.5. The van der Waals surface area contributed by atoms with Crippen molar-refractivity contribution in [3.8, 4) is 0 Å². The van der Waals surface area contributed by atoms with Crippen LogP contribution in [0, 0.1) is 16.7 Å². The highest BCUT2D eigenvalue weighted by molar-refractivity contribution is 6.12. The van der Waals surface area contributed by atoms with E-state index in [1.165, 1.54) is 12.0 Å². The molecule has 1 saturated carbocycles. The molecule has 3 nitrogen and oxygen atoms in total. The van der Waals surface area contributed by atoms with Crippen LogP contribution in [0.1, 0.15) is 50.2 Å². The fourth-order valence-corrected chi connectivity index (χ4v) is 4.20. The molecule has 3 rings (SSSR count). The summed E-state index contributed by atoms with van der Waals surface area (Å²) in [6, 6.07) is 8.07. The van der Waals surface area contributed by atoms with Gasteiger partial charge in [-0.1, -0.05) is 43.5 Å². The van der Waals surface area contributed by atoms with E-state index < -0.39 is 0 Å². The first-order valence-corrected chi connectivity index (χ1v) is 8.01. The maximum Gasteiger partial charge on any atom is 0.315 e. The number of nitrogens with one attached hydrogen (secondary N) is 1. The van der Waals surface area contributed by atoms with Crippen molar-refractivity contribution in [3.05, 3.63) is 35.4 Å². The summed E-state index contributed by atoms with van der Waals surface area (Å²) in [6.45, 7) is 2.23. The zero-order valence-electron chi connectivity index (χ0n) is 12.7. The predicted molar refractivity (Wildman–Crippen MR) is 82.6 cm³/mol. The molecule has 2 aliphatic rings. The lowest BCUT2D eigenvalue weighted by Crippen LogP contribution is -2.48. The molecule has 1 fully saturated rings. The van der Waals surface area contributed by atoms with Crippen molar-refractivity contribution in [1.29, 1.82) is 5.41 Å². The van der Waals surface area contributed by atoms with E-state index in [-0.39, 0.29) is 17.3 Å². The molecular weight excluding hydrogens is 262 g/mol. The van der Waals surface area contributed by atoms with Crippen LogP contribution < -0.4 is 0 Å². The molecule has 112 valence electrons. The Hall–Kier alpha value is -1.64. The summed E-state index contributed by atoms with van der Waals surface area (Å²) < 4.78 is 5.31. The van der Waals surface area contributed by atoms with Crippen LogP contribution in [0.5, 0.6) is 0 Å². The van der Waals surface area contributed by atoms with Gasteiger partial charge >= 0.3 is 5.97 Å². The third-order valence-electron chi connectivity index (χ3n) is 5.12. The van der Waals surface area contributed by atoms with E-state index in [9.17, 15) is 4.79 Å². The van der Waals surface area contributed by atoms with E-state index in [2.05, 4.69) is 6.07 Å². The van der Waals surface area contributed by atoms with Gasteiger partial charge in [-0.15, -0.1) is 0 Å². The third kappa shape index (κ3) is 2.39. The van der Waals surface area contributed by atoms with Gasteiger partial charge in [0.05, 0.1) is 12.3 Å². The molecule has 1 unspecified atom stereocenters. The molecule has 0 radical (unpaired) electrons. The number of hydrogen-bond donors (Lipinski definition) is 1. The molecule has 1 aromatic carbocycles. The first-order valence-electron chi connectivity index (χ1n) is 8.01. The number of fused-ring (bicyclic) bond motifs is 1. The number of benzene rings is 1. The van der Waals surface area contributed by atoms with Crippen molar-refractivity contribution >= 4 is 11.7 Å². The predicted octanol–water partition coefficient (Wildman–Crippen LogP) is 3.74. The number of carbonyl (C=O) groups is 1. The molecule has 0 saturated heterocycles. The topological polar surface area (TPSA) is 50.2 Å². The van der Waals surface area contributed by atoms with E-state index in [0.717, 1.165) is 37.7 Å². The van der Waals surface area contributed by atoms with Gasteiger partial charge in [0.1, 0.15) is 5.92 Å². The Morgan fingerprint density at radius 1 is 1.29 bits per heavy atom. The Morgan fingerprint density at radius 3 is 2.71 bits per heavy atom. The second-order valence-corrected chi connectivity index (χ2v) is 6.36. The number of ether oxygens (including phenoxy) is 1. The maximum absolute atomic E-state index is 12.5. The van der Waals surface area contributed by atoms with Crippen LogP contribution in [-0.4, -0.2) is 18.3 Å². The van der Waals surface area contributed by atoms with Crippen LogP contribution in [0.15, 0.2) is 24.3 Å². The van der Waals surface area contributed by atoms with Gasteiger partial charge in [-0.2, -0.15) is 0 Å². The molecular formula is C18H23NO2. The Kier molecular flexibility index (Phi) is 3.83. The molecule has 1 aromatic rings. The second-order valence-electron chi connectivity index (χ2n) is 6.36. The van der Waals surface area contributed by atoms with E-state index in [1.807, 2.05) is 25.1 Å².